The topological polar surface area (TPSA) is 46.3 Å². The Morgan fingerprint density at radius 3 is 2.71 bits per heavy atom. The molecule has 0 radical (unpaired) electrons. The van der Waals surface area contributed by atoms with Crippen LogP contribution in [0.25, 0.3) is 0 Å². The molecular weight excluding hydrogens is 260 g/mol. The third-order valence-electron chi connectivity index (χ3n) is 4.33. The minimum atomic E-state index is 0.259. The van der Waals surface area contributed by atoms with E-state index in [2.05, 4.69) is 13.8 Å². The Hall–Kier alpha value is -1.51. The van der Waals surface area contributed by atoms with Crippen molar-refractivity contribution in [1.29, 1.82) is 0 Å². The molecule has 1 unspecified atom stereocenters. The zero-order valence-corrected chi connectivity index (χ0v) is 13.4. The maximum Gasteiger partial charge on any atom is 0.227 e. The molecule has 0 aromatic heterocycles. The standard InChI is InChI=1S/C18H28N2O/c1-3-4-5-6-7-8-9-18(21)20-14(2)12-15-13-16(19)10-11-17(15)20/h10-11,13-14H,3-9,12,19H2,1-2H3. The second kappa shape index (κ2) is 7.48. The fraction of sp³-hybridized carbons (Fsp3) is 0.611. The normalized spacial score (nSPS) is 17.0. The van der Waals surface area contributed by atoms with E-state index in [0.29, 0.717) is 6.42 Å². The summed E-state index contributed by atoms with van der Waals surface area (Å²) in [6.45, 7) is 4.35. The number of fused-ring (bicyclic) bond motifs is 1. The van der Waals surface area contributed by atoms with E-state index in [1.807, 2.05) is 23.1 Å². The predicted molar refractivity (Wildman–Crippen MR) is 89.5 cm³/mol. The molecule has 1 aromatic rings. The summed E-state index contributed by atoms with van der Waals surface area (Å²) in [4.78, 5) is 14.5. The van der Waals surface area contributed by atoms with Crippen LogP contribution in [0.4, 0.5) is 11.4 Å². The van der Waals surface area contributed by atoms with Crippen molar-refractivity contribution in [2.45, 2.75) is 71.3 Å². The van der Waals surface area contributed by atoms with Crippen molar-refractivity contribution in [3.05, 3.63) is 23.8 Å². The van der Waals surface area contributed by atoms with Crippen LogP contribution in [-0.2, 0) is 11.2 Å². The van der Waals surface area contributed by atoms with Crippen molar-refractivity contribution in [2.24, 2.45) is 0 Å². The Labute approximate surface area is 128 Å². The molecule has 2 N–H and O–H groups in total. The zero-order valence-electron chi connectivity index (χ0n) is 13.4. The highest BCUT2D eigenvalue weighted by Gasteiger charge is 2.30. The molecule has 21 heavy (non-hydrogen) atoms. The van der Waals surface area contributed by atoms with E-state index in [1.54, 1.807) is 0 Å². The first-order chi connectivity index (χ1) is 10.1. The number of unbranched alkanes of at least 4 members (excludes halogenated alkanes) is 5. The molecule has 0 bridgehead atoms. The monoisotopic (exact) mass is 288 g/mol. The quantitative estimate of drug-likeness (QED) is 0.600. The van der Waals surface area contributed by atoms with Crippen LogP contribution in [0.3, 0.4) is 0 Å². The smallest absolute Gasteiger partial charge is 0.227 e. The largest absolute Gasteiger partial charge is 0.399 e. The molecule has 1 heterocycles. The summed E-state index contributed by atoms with van der Waals surface area (Å²) in [7, 11) is 0. The summed E-state index contributed by atoms with van der Waals surface area (Å²) in [5.74, 6) is 0.265. The van der Waals surface area contributed by atoms with E-state index in [-0.39, 0.29) is 11.9 Å². The molecule has 116 valence electrons. The van der Waals surface area contributed by atoms with E-state index < -0.39 is 0 Å². The fourth-order valence-corrected chi connectivity index (χ4v) is 3.21. The first kappa shape index (κ1) is 15.9. The van der Waals surface area contributed by atoms with Crippen LogP contribution in [0.5, 0.6) is 0 Å². The molecule has 1 aliphatic rings. The van der Waals surface area contributed by atoms with Gasteiger partial charge in [0.15, 0.2) is 0 Å². The maximum atomic E-state index is 12.5. The molecule has 0 saturated carbocycles. The lowest BCUT2D eigenvalue weighted by molar-refractivity contribution is -0.119. The van der Waals surface area contributed by atoms with E-state index in [1.165, 1.54) is 37.7 Å². The highest BCUT2D eigenvalue weighted by atomic mass is 16.2. The average molecular weight is 288 g/mol. The lowest BCUT2D eigenvalue weighted by Gasteiger charge is -2.22. The average Bonchev–Trinajstić information content (AvgIpc) is 2.77. The Morgan fingerprint density at radius 2 is 1.95 bits per heavy atom. The van der Waals surface area contributed by atoms with Crippen molar-refractivity contribution in [3.8, 4) is 0 Å². The second-order valence-corrected chi connectivity index (χ2v) is 6.22. The number of benzene rings is 1. The van der Waals surface area contributed by atoms with Gasteiger partial charge in [0, 0.05) is 23.8 Å². The van der Waals surface area contributed by atoms with Gasteiger partial charge >= 0.3 is 0 Å². The van der Waals surface area contributed by atoms with E-state index >= 15 is 0 Å². The van der Waals surface area contributed by atoms with Crippen molar-refractivity contribution >= 4 is 17.3 Å². The number of hydrogen-bond donors (Lipinski definition) is 1. The lowest BCUT2D eigenvalue weighted by Crippen LogP contribution is -2.35. The van der Waals surface area contributed by atoms with Gasteiger partial charge in [0.1, 0.15) is 0 Å². The molecule has 0 aliphatic carbocycles. The number of nitrogen functional groups attached to an aromatic ring is 1. The molecule has 0 fully saturated rings. The van der Waals surface area contributed by atoms with Crippen molar-refractivity contribution in [1.82, 2.24) is 0 Å². The van der Waals surface area contributed by atoms with E-state index in [9.17, 15) is 4.79 Å². The SMILES string of the molecule is CCCCCCCCC(=O)N1c2ccc(N)cc2CC1C. The number of rotatable bonds is 7. The summed E-state index contributed by atoms with van der Waals surface area (Å²) in [5.41, 5.74) is 8.89. The summed E-state index contributed by atoms with van der Waals surface area (Å²) >= 11 is 0. The number of carbonyl (C=O) groups excluding carboxylic acids is 1. The Bertz CT molecular complexity index is 484. The van der Waals surface area contributed by atoms with Crippen molar-refractivity contribution < 1.29 is 4.79 Å². The molecular formula is C18H28N2O. The number of nitrogens with two attached hydrogens (primary N) is 1. The van der Waals surface area contributed by atoms with Crippen LogP contribution in [-0.4, -0.2) is 11.9 Å². The van der Waals surface area contributed by atoms with Gasteiger partial charge in [-0.25, -0.2) is 0 Å². The van der Waals surface area contributed by atoms with Crippen molar-refractivity contribution in [3.63, 3.8) is 0 Å². The van der Waals surface area contributed by atoms with E-state index in [0.717, 1.165) is 24.2 Å². The van der Waals surface area contributed by atoms with Crippen LogP contribution in [0.15, 0.2) is 18.2 Å². The van der Waals surface area contributed by atoms with Crippen LogP contribution in [0.2, 0.25) is 0 Å². The zero-order chi connectivity index (χ0) is 15.2. The van der Waals surface area contributed by atoms with Gasteiger partial charge in [-0.05, 0) is 43.5 Å². The third-order valence-corrected chi connectivity index (χ3v) is 4.33. The molecule has 1 atom stereocenters. The Balaban J connectivity index is 1.86. The lowest BCUT2D eigenvalue weighted by atomic mass is 10.1. The van der Waals surface area contributed by atoms with E-state index in [4.69, 9.17) is 5.73 Å². The first-order valence-electron chi connectivity index (χ1n) is 8.34. The molecule has 1 amide bonds. The van der Waals surface area contributed by atoms with Gasteiger partial charge in [-0.1, -0.05) is 39.0 Å². The van der Waals surface area contributed by atoms with Crippen molar-refractivity contribution in [2.75, 3.05) is 10.6 Å². The predicted octanol–water partition coefficient (Wildman–Crippen LogP) is 4.30. The molecule has 1 aromatic carbocycles. The summed E-state index contributed by atoms with van der Waals surface area (Å²) < 4.78 is 0. The highest BCUT2D eigenvalue weighted by molar-refractivity contribution is 5.96. The summed E-state index contributed by atoms with van der Waals surface area (Å²) in [6.07, 6.45) is 8.90. The molecule has 2 rings (SSSR count). The first-order valence-corrected chi connectivity index (χ1v) is 8.34. The molecule has 3 nitrogen and oxygen atoms in total. The van der Waals surface area contributed by atoms with Crippen LogP contribution in [0, 0.1) is 0 Å². The van der Waals surface area contributed by atoms with Gasteiger partial charge in [-0.2, -0.15) is 0 Å². The van der Waals surface area contributed by atoms with Gasteiger partial charge in [-0.15, -0.1) is 0 Å². The Morgan fingerprint density at radius 1 is 1.24 bits per heavy atom. The molecule has 1 aliphatic heterocycles. The van der Waals surface area contributed by atoms with Gasteiger partial charge < -0.3 is 10.6 Å². The Kier molecular flexibility index (Phi) is 5.66. The number of hydrogen-bond acceptors (Lipinski definition) is 2. The van der Waals surface area contributed by atoms with Crippen LogP contribution < -0.4 is 10.6 Å². The highest BCUT2D eigenvalue weighted by Crippen LogP contribution is 2.34. The number of carbonyl (C=O) groups is 1. The minimum absolute atomic E-state index is 0.259. The summed E-state index contributed by atoms with van der Waals surface area (Å²) in [5, 5.41) is 0. The molecule has 0 saturated heterocycles. The second-order valence-electron chi connectivity index (χ2n) is 6.22. The van der Waals surface area contributed by atoms with Gasteiger partial charge in [0.2, 0.25) is 5.91 Å². The van der Waals surface area contributed by atoms with Gasteiger partial charge in [0.25, 0.3) is 0 Å². The van der Waals surface area contributed by atoms with Gasteiger partial charge in [0.05, 0.1) is 0 Å². The fourth-order valence-electron chi connectivity index (χ4n) is 3.21. The summed E-state index contributed by atoms with van der Waals surface area (Å²) in [6, 6.07) is 6.15. The molecule has 3 heteroatoms. The van der Waals surface area contributed by atoms with Gasteiger partial charge in [-0.3, -0.25) is 4.79 Å². The molecule has 0 spiro atoms. The number of nitrogens with zero attached hydrogens (tertiary/aromatic N) is 1. The minimum Gasteiger partial charge on any atom is -0.399 e. The number of anilines is 2. The van der Waals surface area contributed by atoms with Crippen LogP contribution in [0.1, 0.15) is 64.4 Å². The third kappa shape index (κ3) is 3.99. The maximum absolute atomic E-state index is 12.5. The van der Waals surface area contributed by atoms with Crippen LogP contribution >= 0.6 is 0 Å². The number of amides is 1.